The van der Waals surface area contributed by atoms with E-state index in [1.54, 1.807) is 6.07 Å². The Bertz CT molecular complexity index is 760. The van der Waals surface area contributed by atoms with Crippen LogP contribution in [0.4, 0.5) is 0 Å². The Balaban J connectivity index is 1.85. The summed E-state index contributed by atoms with van der Waals surface area (Å²) in [4.78, 5) is 40.0. The number of aromatic nitrogens is 1. The van der Waals surface area contributed by atoms with Crippen molar-refractivity contribution < 1.29 is 19.1 Å². The van der Waals surface area contributed by atoms with E-state index in [2.05, 4.69) is 10.3 Å². The van der Waals surface area contributed by atoms with Crippen molar-refractivity contribution in [2.45, 2.75) is 13.3 Å². The van der Waals surface area contributed by atoms with Crippen LogP contribution in [0.3, 0.4) is 0 Å². The van der Waals surface area contributed by atoms with E-state index in [1.807, 2.05) is 6.07 Å². The van der Waals surface area contributed by atoms with E-state index in [1.165, 1.54) is 36.6 Å². The third kappa shape index (κ3) is 5.43. The first-order valence-electron chi connectivity index (χ1n) is 7.10. The summed E-state index contributed by atoms with van der Waals surface area (Å²) in [5.74, 6) is -1.000. The molecule has 6 nitrogen and oxygen atoms in total. The number of hydrogen-bond acceptors (Lipinski definition) is 6. The SMILES string of the molecule is CC(=O)NCCc1ccc(C(=O)COC(=O)c2ccnc(Cl)c2)s1. The average Bonchev–Trinajstić information content (AvgIpc) is 3.01. The number of ether oxygens (including phenoxy) is 1. The highest BCUT2D eigenvalue weighted by atomic mass is 35.5. The Labute approximate surface area is 147 Å². The Morgan fingerprint density at radius 3 is 2.79 bits per heavy atom. The fourth-order valence-electron chi connectivity index (χ4n) is 1.84. The van der Waals surface area contributed by atoms with Gasteiger partial charge in [0, 0.05) is 24.5 Å². The lowest BCUT2D eigenvalue weighted by Gasteiger charge is -2.03. The molecule has 0 radical (unpaired) electrons. The van der Waals surface area contributed by atoms with Crippen molar-refractivity contribution in [3.63, 3.8) is 0 Å². The van der Waals surface area contributed by atoms with Gasteiger partial charge in [0.05, 0.1) is 10.4 Å². The summed E-state index contributed by atoms with van der Waals surface area (Å²) in [6.45, 7) is 1.62. The van der Waals surface area contributed by atoms with Crippen LogP contribution in [0.5, 0.6) is 0 Å². The molecular weight excluding hydrogens is 352 g/mol. The highest BCUT2D eigenvalue weighted by molar-refractivity contribution is 7.14. The first kappa shape index (κ1) is 18.1. The number of hydrogen-bond donors (Lipinski definition) is 1. The Morgan fingerprint density at radius 1 is 1.29 bits per heavy atom. The van der Waals surface area contributed by atoms with E-state index >= 15 is 0 Å². The van der Waals surface area contributed by atoms with E-state index in [-0.39, 0.29) is 29.0 Å². The van der Waals surface area contributed by atoms with Crippen LogP contribution in [-0.2, 0) is 16.0 Å². The van der Waals surface area contributed by atoms with Crippen molar-refractivity contribution in [2.24, 2.45) is 0 Å². The molecule has 2 aromatic rings. The predicted molar refractivity (Wildman–Crippen MR) is 90.6 cm³/mol. The van der Waals surface area contributed by atoms with Gasteiger partial charge in [-0.3, -0.25) is 9.59 Å². The monoisotopic (exact) mass is 366 g/mol. The van der Waals surface area contributed by atoms with E-state index in [4.69, 9.17) is 16.3 Å². The number of nitrogens with one attached hydrogen (secondary N) is 1. The van der Waals surface area contributed by atoms with Crippen LogP contribution in [0, 0.1) is 0 Å². The van der Waals surface area contributed by atoms with Crippen LogP contribution in [0.25, 0.3) is 0 Å². The molecule has 2 heterocycles. The summed E-state index contributed by atoms with van der Waals surface area (Å²) in [6, 6.07) is 6.35. The topological polar surface area (TPSA) is 85.4 Å². The molecule has 0 aliphatic rings. The van der Waals surface area contributed by atoms with Gasteiger partial charge in [-0.25, -0.2) is 9.78 Å². The minimum atomic E-state index is -0.630. The Hall–Kier alpha value is -2.25. The van der Waals surface area contributed by atoms with Crippen LogP contribution in [0.1, 0.15) is 31.8 Å². The number of rotatable bonds is 7. The first-order valence-corrected chi connectivity index (χ1v) is 8.30. The number of carbonyl (C=O) groups excluding carboxylic acids is 3. The largest absolute Gasteiger partial charge is 0.454 e. The van der Waals surface area contributed by atoms with Crippen molar-refractivity contribution in [2.75, 3.05) is 13.2 Å². The van der Waals surface area contributed by atoms with Gasteiger partial charge >= 0.3 is 5.97 Å². The molecule has 0 saturated heterocycles. The number of halogens is 1. The highest BCUT2D eigenvalue weighted by Gasteiger charge is 2.14. The van der Waals surface area contributed by atoms with Crippen LogP contribution in [0.2, 0.25) is 5.15 Å². The number of thiophene rings is 1. The van der Waals surface area contributed by atoms with Gasteiger partial charge < -0.3 is 10.1 Å². The van der Waals surface area contributed by atoms with Crippen LogP contribution >= 0.6 is 22.9 Å². The van der Waals surface area contributed by atoms with Gasteiger partial charge in [-0.15, -0.1) is 11.3 Å². The van der Waals surface area contributed by atoms with E-state index in [0.29, 0.717) is 17.8 Å². The second-order valence-corrected chi connectivity index (χ2v) is 6.42. The number of pyridine rings is 1. The first-order chi connectivity index (χ1) is 11.5. The zero-order valence-corrected chi connectivity index (χ0v) is 14.4. The van der Waals surface area contributed by atoms with Gasteiger partial charge in [-0.05, 0) is 30.7 Å². The van der Waals surface area contributed by atoms with E-state index in [0.717, 1.165) is 4.88 Å². The van der Waals surface area contributed by atoms with Crippen LogP contribution in [0.15, 0.2) is 30.5 Å². The number of ketones is 1. The van der Waals surface area contributed by atoms with E-state index < -0.39 is 5.97 Å². The summed E-state index contributed by atoms with van der Waals surface area (Å²) in [5.41, 5.74) is 0.241. The minimum absolute atomic E-state index is 0.0917. The normalized spacial score (nSPS) is 10.2. The zero-order chi connectivity index (χ0) is 17.5. The molecule has 0 atom stereocenters. The maximum absolute atomic E-state index is 12.1. The maximum atomic E-state index is 12.1. The number of Topliss-reactive ketones (excluding diaryl/α,β-unsaturated/α-hetero) is 1. The lowest BCUT2D eigenvalue weighted by atomic mass is 10.3. The van der Waals surface area contributed by atoms with Crippen LogP contribution in [-0.4, -0.2) is 35.8 Å². The predicted octanol–water partition coefficient (Wildman–Crippen LogP) is 2.51. The third-order valence-electron chi connectivity index (χ3n) is 2.98. The molecule has 0 aliphatic carbocycles. The van der Waals surface area contributed by atoms with Gasteiger partial charge in [-0.2, -0.15) is 0 Å². The number of nitrogens with zero attached hydrogens (tertiary/aromatic N) is 1. The molecule has 0 unspecified atom stereocenters. The molecule has 0 aliphatic heterocycles. The van der Waals surface area contributed by atoms with Crippen molar-refractivity contribution >= 4 is 40.6 Å². The van der Waals surface area contributed by atoms with Crippen molar-refractivity contribution in [1.29, 1.82) is 0 Å². The van der Waals surface area contributed by atoms with Gasteiger partial charge in [0.15, 0.2) is 6.61 Å². The second kappa shape index (κ2) is 8.56. The zero-order valence-electron chi connectivity index (χ0n) is 12.9. The summed E-state index contributed by atoms with van der Waals surface area (Å²) in [5, 5.41) is 2.87. The smallest absolute Gasteiger partial charge is 0.338 e. The quantitative estimate of drug-likeness (QED) is 0.462. The minimum Gasteiger partial charge on any atom is -0.454 e. The molecule has 0 aromatic carbocycles. The molecule has 1 amide bonds. The van der Waals surface area contributed by atoms with Gasteiger partial charge in [-0.1, -0.05) is 11.6 Å². The molecule has 2 rings (SSSR count). The molecule has 8 heteroatoms. The highest BCUT2D eigenvalue weighted by Crippen LogP contribution is 2.18. The fraction of sp³-hybridized carbons (Fsp3) is 0.250. The number of carbonyl (C=O) groups is 3. The molecular formula is C16H15ClN2O4S. The molecule has 0 bridgehead atoms. The number of amides is 1. The van der Waals surface area contributed by atoms with Crippen molar-refractivity contribution in [1.82, 2.24) is 10.3 Å². The molecule has 1 N–H and O–H groups in total. The van der Waals surface area contributed by atoms with E-state index in [9.17, 15) is 14.4 Å². The summed E-state index contributed by atoms with van der Waals surface area (Å²) in [7, 11) is 0. The van der Waals surface area contributed by atoms with Gasteiger partial charge in [0.1, 0.15) is 5.15 Å². The molecule has 24 heavy (non-hydrogen) atoms. The van der Waals surface area contributed by atoms with Crippen molar-refractivity contribution in [3.8, 4) is 0 Å². The Kier molecular flexibility index (Phi) is 6.45. The summed E-state index contributed by atoms with van der Waals surface area (Å²) >= 11 is 7.02. The van der Waals surface area contributed by atoms with Crippen LogP contribution < -0.4 is 5.32 Å². The molecule has 2 aromatic heterocycles. The molecule has 0 spiro atoms. The fourth-order valence-corrected chi connectivity index (χ4v) is 2.94. The average molecular weight is 367 g/mol. The second-order valence-electron chi connectivity index (χ2n) is 4.87. The number of esters is 1. The van der Waals surface area contributed by atoms with Gasteiger partial charge in [0.2, 0.25) is 11.7 Å². The van der Waals surface area contributed by atoms with Crippen molar-refractivity contribution in [3.05, 3.63) is 50.9 Å². The van der Waals surface area contributed by atoms with Gasteiger partial charge in [0.25, 0.3) is 0 Å². The lowest BCUT2D eigenvalue weighted by Crippen LogP contribution is -2.22. The standard InChI is InChI=1S/C16H15ClN2O4S/c1-10(20)18-7-5-12-2-3-14(24-12)13(21)9-23-16(22)11-4-6-19-15(17)8-11/h2-4,6,8H,5,7,9H2,1H3,(H,18,20). The molecule has 126 valence electrons. The third-order valence-corrected chi connectivity index (χ3v) is 4.37. The summed E-state index contributed by atoms with van der Waals surface area (Å²) < 4.78 is 5.00. The lowest BCUT2D eigenvalue weighted by molar-refractivity contribution is -0.118. The molecule has 0 saturated carbocycles. The molecule has 0 fully saturated rings. The summed E-state index contributed by atoms with van der Waals surface area (Å²) in [6.07, 6.45) is 2.04. The Morgan fingerprint density at radius 2 is 2.08 bits per heavy atom. The maximum Gasteiger partial charge on any atom is 0.338 e.